The molecule has 0 aliphatic carbocycles. The predicted octanol–water partition coefficient (Wildman–Crippen LogP) is 3.90. The van der Waals surface area contributed by atoms with Crippen molar-refractivity contribution in [2.45, 2.75) is 25.7 Å². The Morgan fingerprint density at radius 1 is 1.04 bits per heavy atom. The summed E-state index contributed by atoms with van der Waals surface area (Å²) in [4.78, 5) is 5.87. The first kappa shape index (κ1) is 15.1. The summed E-state index contributed by atoms with van der Waals surface area (Å²) in [6.07, 6.45) is 7.14. The largest absolute Gasteiger partial charge is 0.361 e. The van der Waals surface area contributed by atoms with Crippen LogP contribution in [0.25, 0.3) is 22.2 Å². The highest BCUT2D eigenvalue weighted by Crippen LogP contribution is 2.33. The number of benzene rings is 1. The van der Waals surface area contributed by atoms with Crippen LogP contribution in [0.3, 0.4) is 0 Å². The maximum atomic E-state index is 4.55. The van der Waals surface area contributed by atoms with Crippen molar-refractivity contribution in [1.82, 2.24) is 20.1 Å². The van der Waals surface area contributed by atoms with E-state index in [0.29, 0.717) is 0 Å². The Morgan fingerprint density at radius 2 is 2.04 bits per heavy atom. The SMILES string of the molecule is c1cc2cc(-c3ccc(CC4CCN5CCCC4C5)nn3)ccc2[nH]1. The lowest BCUT2D eigenvalue weighted by atomic mass is 9.77. The molecule has 2 saturated heterocycles. The van der Waals surface area contributed by atoms with Crippen LogP contribution in [-0.2, 0) is 6.42 Å². The van der Waals surface area contributed by atoms with Gasteiger partial charge in [0.25, 0.3) is 0 Å². The summed E-state index contributed by atoms with van der Waals surface area (Å²) in [6.45, 7) is 3.87. The first-order valence-electron chi connectivity index (χ1n) is 9.48. The highest BCUT2D eigenvalue weighted by atomic mass is 15.1. The number of aromatic nitrogens is 3. The number of piperidine rings is 2. The van der Waals surface area contributed by atoms with E-state index in [2.05, 4.69) is 56.5 Å². The Balaban J connectivity index is 1.32. The van der Waals surface area contributed by atoms with E-state index in [9.17, 15) is 0 Å². The second kappa shape index (κ2) is 6.26. The second-order valence-corrected chi connectivity index (χ2v) is 7.65. The molecule has 0 spiro atoms. The molecule has 2 aliphatic rings. The smallest absolute Gasteiger partial charge is 0.0930 e. The Morgan fingerprint density at radius 3 is 2.96 bits per heavy atom. The van der Waals surface area contributed by atoms with Gasteiger partial charge >= 0.3 is 0 Å². The van der Waals surface area contributed by atoms with Gasteiger partial charge in [0.05, 0.1) is 11.4 Å². The van der Waals surface area contributed by atoms with Gasteiger partial charge in [-0.1, -0.05) is 6.07 Å². The molecule has 2 fully saturated rings. The van der Waals surface area contributed by atoms with E-state index >= 15 is 0 Å². The molecule has 2 bridgehead atoms. The molecular formula is C21H24N4. The molecule has 4 heterocycles. The summed E-state index contributed by atoms with van der Waals surface area (Å²) in [6, 6.07) is 12.8. The van der Waals surface area contributed by atoms with E-state index in [0.717, 1.165) is 40.7 Å². The molecule has 0 amide bonds. The van der Waals surface area contributed by atoms with E-state index in [1.807, 2.05) is 6.20 Å². The lowest BCUT2D eigenvalue weighted by Gasteiger charge is -2.42. The normalized spacial score (nSPS) is 26.0. The maximum Gasteiger partial charge on any atom is 0.0930 e. The Bertz CT molecular complexity index is 867. The molecule has 1 aromatic carbocycles. The highest BCUT2D eigenvalue weighted by Gasteiger charge is 2.32. The zero-order valence-corrected chi connectivity index (χ0v) is 14.5. The van der Waals surface area contributed by atoms with Crippen LogP contribution in [-0.4, -0.2) is 39.7 Å². The highest BCUT2D eigenvalue weighted by molar-refractivity contribution is 5.84. The Labute approximate surface area is 148 Å². The molecule has 25 heavy (non-hydrogen) atoms. The number of H-pyrrole nitrogens is 1. The Kier molecular flexibility index (Phi) is 3.78. The quantitative estimate of drug-likeness (QED) is 0.791. The fraction of sp³-hybridized carbons (Fsp3) is 0.429. The first-order valence-corrected chi connectivity index (χ1v) is 9.48. The molecule has 0 radical (unpaired) electrons. The van der Waals surface area contributed by atoms with E-state index < -0.39 is 0 Å². The van der Waals surface area contributed by atoms with Gasteiger partial charge in [0.2, 0.25) is 0 Å². The fourth-order valence-electron chi connectivity index (χ4n) is 4.64. The zero-order valence-electron chi connectivity index (χ0n) is 14.5. The van der Waals surface area contributed by atoms with Gasteiger partial charge < -0.3 is 9.88 Å². The topological polar surface area (TPSA) is 44.8 Å². The van der Waals surface area contributed by atoms with Crippen LogP contribution < -0.4 is 0 Å². The van der Waals surface area contributed by atoms with E-state index in [-0.39, 0.29) is 0 Å². The molecule has 1 N–H and O–H groups in total. The van der Waals surface area contributed by atoms with Crippen molar-refractivity contribution < 1.29 is 0 Å². The molecule has 5 rings (SSSR count). The molecule has 3 aromatic rings. The third-order valence-electron chi connectivity index (χ3n) is 6.06. The van der Waals surface area contributed by atoms with Gasteiger partial charge in [0, 0.05) is 29.2 Å². The van der Waals surface area contributed by atoms with Crippen LogP contribution in [0.15, 0.2) is 42.6 Å². The van der Waals surface area contributed by atoms with E-state index in [1.54, 1.807) is 0 Å². The minimum Gasteiger partial charge on any atom is -0.361 e. The van der Waals surface area contributed by atoms with Crippen LogP contribution in [0.1, 0.15) is 25.0 Å². The standard InChI is InChI=1S/C21H24N4/c1-2-18-14-25(10-1)11-8-15(18)13-19-4-6-21(24-23-19)16-3-5-20-17(12-16)7-9-22-20/h3-7,9,12,15,18,22H,1-2,8,10-11,13-14H2. The summed E-state index contributed by atoms with van der Waals surface area (Å²) in [5.41, 5.74) is 4.40. The molecular weight excluding hydrogens is 308 g/mol. The van der Waals surface area contributed by atoms with Crippen molar-refractivity contribution in [3.8, 4) is 11.3 Å². The molecule has 2 aromatic heterocycles. The molecule has 128 valence electrons. The van der Waals surface area contributed by atoms with Gasteiger partial charge in [0.1, 0.15) is 0 Å². The van der Waals surface area contributed by atoms with Crippen LogP contribution in [0, 0.1) is 11.8 Å². The molecule has 4 nitrogen and oxygen atoms in total. The number of rotatable bonds is 3. The van der Waals surface area contributed by atoms with Crippen molar-refractivity contribution >= 4 is 10.9 Å². The van der Waals surface area contributed by atoms with Crippen LogP contribution in [0.5, 0.6) is 0 Å². The van der Waals surface area contributed by atoms with Crippen LogP contribution in [0.4, 0.5) is 0 Å². The Hall–Kier alpha value is -2.20. The van der Waals surface area contributed by atoms with Gasteiger partial charge in [-0.15, -0.1) is 0 Å². The number of fused-ring (bicyclic) bond motifs is 3. The molecule has 4 heteroatoms. The molecule has 3 unspecified atom stereocenters. The van der Waals surface area contributed by atoms with Crippen molar-refractivity contribution in [3.63, 3.8) is 0 Å². The third-order valence-corrected chi connectivity index (χ3v) is 6.06. The van der Waals surface area contributed by atoms with E-state index in [1.165, 1.54) is 44.3 Å². The first-order chi connectivity index (χ1) is 12.3. The van der Waals surface area contributed by atoms with Gasteiger partial charge in [-0.05, 0) is 80.9 Å². The molecule has 0 saturated carbocycles. The van der Waals surface area contributed by atoms with Gasteiger partial charge in [-0.3, -0.25) is 0 Å². The number of nitrogens with one attached hydrogen (secondary N) is 1. The number of nitrogens with zero attached hydrogens (tertiary/aromatic N) is 3. The fourth-order valence-corrected chi connectivity index (χ4v) is 4.64. The van der Waals surface area contributed by atoms with E-state index in [4.69, 9.17) is 0 Å². The number of aromatic amines is 1. The average molecular weight is 332 g/mol. The number of hydrogen-bond acceptors (Lipinski definition) is 3. The maximum absolute atomic E-state index is 4.55. The summed E-state index contributed by atoms with van der Waals surface area (Å²) in [5.74, 6) is 1.65. The zero-order chi connectivity index (χ0) is 16.6. The minimum absolute atomic E-state index is 0.785. The lowest BCUT2D eigenvalue weighted by Crippen LogP contribution is -2.45. The van der Waals surface area contributed by atoms with Crippen molar-refractivity contribution in [2.75, 3.05) is 19.6 Å². The summed E-state index contributed by atoms with van der Waals surface area (Å²) in [5, 5.41) is 10.3. The third kappa shape index (κ3) is 2.95. The van der Waals surface area contributed by atoms with Gasteiger partial charge in [-0.25, -0.2) is 0 Å². The predicted molar refractivity (Wildman–Crippen MR) is 100 cm³/mol. The number of hydrogen-bond donors (Lipinski definition) is 1. The summed E-state index contributed by atoms with van der Waals surface area (Å²) >= 11 is 0. The van der Waals surface area contributed by atoms with Crippen LogP contribution >= 0.6 is 0 Å². The van der Waals surface area contributed by atoms with Crippen LogP contribution in [0.2, 0.25) is 0 Å². The monoisotopic (exact) mass is 332 g/mol. The van der Waals surface area contributed by atoms with Crippen molar-refractivity contribution in [3.05, 3.63) is 48.3 Å². The molecule has 3 atom stereocenters. The summed E-state index contributed by atoms with van der Waals surface area (Å²) in [7, 11) is 0. The average Bonchev–Trinajstić information content (AvgIpc) is 3.13. The minimum atomic E-state index is 0.785. The summed E-state index contributed by atoms with van der Waals surface area (Å²) < 4.78 is 0. The van der Waals surface area contributed by atoms with Crippen molar-refractivity contribution in [2.24, 2.45) is 11.8 Å². The van der Waals surface area contributed by atoms with Gasteiger partial charge in [0.15, 0.2) is 0 Å². The molecule has 2 aliphatic heterocycles. The second-order valence-electron chi connectivity index (χ2n) is 7.65. The lowest BCUT2D eigenvalue weighted by molar-refractivity contribution is 0.0735. The van der Waals surface area contributed by atoms with Crippen molar-refractivity contribution in [1.29, 1.82) is 0 Å². The van der Waals surface area contributed by atoms with Gasteiger partial charge in [-0.2, -0.15) is 10.2 Å².